The second-order valence-corrected chi connectivity index (χ2v) is 7.32. The number of methoxy groups -OCH3 is 1. The molecule has 0 radical (unpaired) electrons. The molecule has 2 atom stereocenters. The van der Waals surface area contributed by atoms with E-state index in [0.29, 0.717) is 6.04 Å². The van der Waals surface area contributed by atoms with Gasteiger partial charge in [0.1, 0.15) is 0 Å². The molecule has 148 valence electrons. The Balaban J connectivity index is 0.00000312. The largest absolute Gasteiger partial charge is 0.383 e. The van der Waals surface area contributed by atoms with E-state index in [9.17, 15) is 0 Å². The summed E-state index contributed by atoms with van der Waals surface area (Å²) in [7, 11) is 3.71. The molecule has 2 aliphatic heterocycles. The molecule has 0 amide bonds. The van der Waals surface area contributed by atoms with E-state index in [2.05, 4.69) is 34.0 Å². The molecule has 2 fully saturated rings. The molecule has 1 N–H and O–H groups in total. The van der Waals surface area contributed by atoms with Crippen LogP contribution in [0.4, 0.5) is 0 Å². The van der Waals surface area contributed by atoms with Crippen molar-refractivity contribution in [3.8, 4) is 0 Å². The van der Waals surface area contributed by atoms with Crippen molar-refractivity contribution in [3.05, 3.63) is 0 Å². The van der Waals surface area contributed by atoms with Crippen LogP contribution in [-0.2, 0) is 4.74 Å². The van der Waals surface area contributed by atoms with Crippen LogP contribution in [0.1, 0.15) is 46.0 Å². The average molecular weight is 466 g/mol. The second kappa shape index (κ2) is 12.3. The van der Waals surface area contributed by atoms with E-state index in [1.165, 1.54) is 45.2 Å². The van der Waals surface area contributed by atoms with Gasteiger partial charge in [0.15, 0.2) is 5.96 Å². The highest BCUT2D eigenvalue weighted by atomic mass is 127. The lowest BCUT2D eigenvalue weighted by molar-refractivity contribution is 0.141. The number of halogens is 1. The summed E-state index contributed by atoms with van der Waals surface area (Å²) in [5.41, 5.74) is 0. The molecule has 0 spiro atoms. The number of guanidine groups is 1. The number of nitrogens with one attached hydrogen (secondary N) is 1. The van der Waals surface area contributed by atoms with Gasteiger partial charge in [-0.3, -0.25) is 9.89 Å². The van der Waals surface area contributed by atoms with Crippen LogP contribution in [0.3, 0.4) is 0 Å². The first-order valence-electron chi connectivity index (χ1n) is 9.92. The lowest BCUT2D eigenvalue weighted by atomic mass is 9.87. The van der Waals surface area contributed by atoms with Crippen LogP contribution >= 0.6 is 24.0 Å². The highest BCUT2D eigenvalue weighted by Gasteiger charge is 2.30. The number of likely N-dealkylation sites (tertiary alicyclic amines) is 2. The topological polar surface area (TPSA) is 40.1 Å². The van der Waals surface area contributed by atoms with Crippen molar-refractivity contribution < 1.29 is 4.74 Å². The maximum absolute atomic E-state index is 5.24. The molecule has 25 heavy (non-hydrogen) atoms. The molecule has 0 saturated carbocycles. The van der Waals surface area contributed by atoms with Gasteiger partial charge in [0.2, 0.25) is 0 Å². The summed E-state index contributed by atoms with van der Waals surface area (Å²) in [6.07, 6.45) is 6.50. The molecular formula is C19H39IN4O. The molecule has 0 aromatic rings. The minimum absolute atomic E-state index is 0. The molecule has 0 aliphatic carbocycles. The lowest BCUT2D eigenvalue weighted by Gasteiger charge is -2.28. The maximum Gasteiger partial charge on any atom is 0.193 e. The zero-order valence-electron chi connectivity index (χ0n) is 16.7. The van der Waals surface area contributed by atoms with Crippen molar-refractivity contribution >= 4 is 29.9 Å². The smallest absolute Gasteiger partial charge is 0.193 e. The zero-order valence-corrected chi connectivity index (χ0v) is 19.0. The standard InChI is InChI=1S/C19H38N4O.HI/c1-5-16(6-2)17-9-11-23(15-17)19(20-3)21-14-18-8-7-10-22(18)12-13-24-4;/h16-18H,5-15H2,1-4H3,(H,20,21);1H. The lowest BCUT2D eigenvalue weighted by Crippen LogP contribution is -2.46. The predicted molar refractivity (Wildman–Crippen MR) is 117 cm³/mol. The van der Waals surface area contributed by atoms with Crippen LogP contribution < -0.4 is 5.32 Å². The summed E-state index contributed by atoms with van der Waals surface area (Å²) in [5, 5.41) is 3.65. The number of hydrogen-bond acceptors (Lipinski definition) is 3. The summed E-state index contributed by atoms with van der Waals surface area (Å²) in [4.78, 5) is 9.58. The second-order valence-electron chi connectivity index (χ2n) is 7.32. The molecule has 2 heterocycles. The van der Waals surface area contributed by atoms with E-state index < -0.39 is 0 Å². The first kappa shape index (κ1) is 23.0. The quantitative estimate of drug-likeness (QED) is 0.339. The highest BCUT2D eigenvalue weighted by molar-refractivity contribution is 14.0. The van der Waals surface area contributed by atoms with E-state index in [4.69, 9.17) is 4.74 Å². The third-order valence-electron chi connectivity index (χ3n) is 6.03. The summed E-state index contributed by atoms with van der Waals surface area (Å²) >= 11 is 0. The highest BCUT2D eigenvalue weighted by Crippen LogP contribution is 2.28. The van der Waals surface area contributed by atoms with Crippen molar-refractivity contribution in [2.45, 2.75) is 52.0 Å². The van der Waals surface area contributed by atoms with E-state index in [0.717, 1.165) is 44.0 Å². The fourth-order valence-electron chi connectivity index (χ4n) is 4.49. The Bertz CT molecular complexity index is 390. The molecule has 0 bridgehead atoms. The van der Waals surface area contributed by atoms with Gasteiger partial charge in [0, 0.05) is 46.4 Å². The normalized spacial score (nSPS) is 24.8. The molecule has 0 aromatic carbocycles. The van der Waals surface area contributed by atoms with Gasteiger partial charge >= 0.3 is 0 Å². The van der Waals surface area contributed by atoms with E-state index in [1.807, 2.05) is 7.05 Å². The minimum atomic E-state index is 0. The first-order valence-corrected chi connectivity index (χ1v) is 9.92. The molecule has 2 saturated heterocycles. The van der Waals surface area contributed by atoms with Crippen molar-refractivity contribution in [1.82, 2.24) is 15.1 Å². The molecule has 6 heteroatoms. The summed E-state index contributed by atoms with van der Waals surface area (Å²) in [6, 6.07) is 0.620. The maximum atomic E-state index is 5.24. The van der Waals surface area contributed by atoms with E-state index >= 15 is 0 Å². The Kier molecular flexibility index (Phi) is 11.3. The predicted octanol–water partition coefficient (Wildman–Crippen LogP) is 3.05. The Morgan fingerprint density at radius 2 is 2.00 bits per heavy atom. The Hall–Kier alpha value is -0.0800. The first-order chi connectivity index (χ1) is 11.7. The van der Waals surface area contributed by atoms with Crippen LogP contribution in [0.25, 0.3) is 0 Å². The SMILES string of the molecule is CCC(CC)C1CCN(C(=NC)NCC2CCCN2CCOC)C1.I. The van der Waals surface area contributed by atoms with Crippen LogP contribution in [0, 0.1) is 11.8 Å². The Morgan fingerprint density at radius 1 is 1.24 bits per heavy atom. The Labute approximate surface area is 172 Å². The third-order valence-corrected chi connectivity index (χ3v) is 6.03. The van der Waals surface area contributed by atoms with Crippen molar-refractivity contribution in [2.24, 2.45) is 16.8 Å². The van der Waals surface area contributed by atoms with Gasteiger partial charge in [-0.25, -0.2) is 0 Å². The average Bonchev–Trinajstić information content (AvgIpc) is 3.25. The van der Waals surface area contributed by atoms with E-state index in [-0.39, 0.29) is 24.0 Å². The number of aliphatic imine (C=N–C) groups is 1. The molecule has 2 rings (SSSR count). The fraction of sp³-hybridized carbons (Fsp3) is 0.947. The summed E-state index contributed by atoms with van der Waals surface area (Å²) in [6.45, 7) is 11.1. The van der Waals surface area contributed by atoms with Crippen molar-refractivity contribution in [1.29, 1.82) is 0 Å². The van der Waals surface area contributed by atoms with Gasteiger partial charge < -0.3 is 15.0 Å². The van der Waals surface area contributed by atoms with Crippen molar-refractivity contribution in [3.63, 3.8) is 0 Å². The van der Waals surface area contributed by atoms with Gasteiger partial charge in [0.25, 0.3) is 0 Å². The zero-order chi connectivity index (χ0) is 17.4. The monoisotopic (exact) mass is 466 g/mol. The van der Waals surface area contributed by atoms with Crippen LogP contribution in [0.5, 0.6) is 0 Å². The van der Waals surface area contributed by atoms with Gasteiger partial charge in [0.05, 0.1) is 6.61 Å². The molecule has 0 aromatic heterocycles. The molecular weight excluding hydrogens is 427 g/mol. The van der Waals surface area contributed by atoms with E-state index in [1.54, 1.807) is 7.11 Å². The third kappa shape index (κ3) is 6.54. The summed E-state index contributed by atoms with van der Waals surface area (Å²) < 4.78 is 5.24. The Morgan fingerprint density at radius 3 is 2.64 bits per heavy atom. The molecule has 5 nitrogen and oxygen atoms in total. The number of rotatable bonds is 8. The fourth-order valence-corrected chi connectivity index (χ4v) is 4.49. The number of ether oxygens (including phenoxy) is 1. The summed E-state index contributed by atoms with van der Waals surface area (Å²) in [5.74, 6) is 2.80. The van der Waals surface area contributed by atoms with Gasteiger partial charge in [-0.1, -0.05) is 26.7 Å². The van der Waals surface area contributed by atoms with Gasteiger partial charge in [-0.2, -0.15) is 0 Å². The number of hydrogen-bond donors (Lipinski definition) is 1. The van der Waals surface area contributed by atoms with Crippen LogP contribution in [0.2, 0.25) is 0 Å². The number of nitrogens with zero attached hydrogens (tertiary/aromatic N) is 3. The van der Waals surface area contributed by atoms with Gasteiger partial charge in [-0.05, 0) is 37.6 Å². The van der Waals surface area contributed by atoms with Crippen molar-refractivity contribution in [2.75, 3.05) is 53.5 Å². The van der Waals surface area contributed by atoms with Crippen LogP contribution in [-0.4, -0.2) is 75.3 Å². The van der Waals surface area contributed by atoms with Crippen LogP contribution in [0.15, 0.2) is 4.99 Å². The van der Waals surface area contributed by atoms with Gasteiger partial charge in [-0.15, -0.1) is 24.0 Å². The minimum Gasteiger partial charge on any atom is -0.383 e. The molecule has 2 aliphatic rings. The molecule has 2 unspecified atom stereocenters.